The molecule has 0 bridgehead atoms. The van der Waals surface area contributed by atoms with Crippen LogP contribution in [-0.4, -0.2) is 50.9 Å². The van der Waals surface area contributed by atoms with Gasteiger partial charge in [0.1, 0.15) is 11.6 Å². The van der Waals surface area contributed by atoms with E-state index in [-0.39, 0.29) is 5.91 Å². The lowest BCUT2D eigenvalue weighted by Crippen LogP contribution is -2.35. The first-order valence-corrected chi connectivity index (χ1v) is 8.89. The largest absolute Gasteiger partial charge is 0.359 e. The fraction of sp³-hybridized carbons (Fsp3) is 0.556. The molecule has 2 N–H and O–H groups in total. The second kappa shape index (κ2) is 8.20. The van der Waals surface area contributed by atoms with Crippen LogP contribution in [-0.2, 0) is 17.8 Å². The van der Waals surface area contributed by atoms with Crippen LogP contribution in [0, 0.1) is 6.92 Å². The molecule has 0 spiro atoms. The molecule has 0 saturated carbocycles. The number of piperidine rings is 1. The SMILES string of the molecule is CNC(=O)CCc1cc(C)nc(C2CCCN(Cc3ncc[nH]3)C2)n1. The van der Waals surface area contributed by atoms with Gasteiger partial charge in [0.2, 0.25) is 5.91 Å². The number of carbonyl (C=O) groups excluding carboxylic acids is 1. The summed E-state index contributed by atoms with van der Waals surface area (Å²) in [7, 11) is 1.66. The number of amides is 1. The van der Waals surface area contributed by atoms with E-state index in [2.05, 4.69) is 25.2 Å². The minimum atomic E-state index is 0.0418. The summed E-state index contributed by atoms with van der Waals surface area (Å²) in [6, 6.07) is 1.98. The molecule has 1 amide bonds. The molecule has 134 valence electrons. The standard InChI is InChI=1S/C18H26N6O/c1-13-10-15(5-6-17(25)19-2)23-18(22-13)14-4-3-9-24(11-14)12-16-20-7-8-21-16/h7-8,10,14H,3-6,9,11-12H2,1-2H3,(H,19,25)(H,20,21). The number of nitrogens with one attached hydrogen (secondary N) is 2. The molecule has 1 aliphatic heterocycles. The third-order valence-corrected chi connectivity index (χ3v) is 4.61. The van der Waals surface area contributed by atoms with Gasteiger partial charge in [-0.25, -0.2) is 15.0 Å². The Bertz CT molecular complexity index is 700. The summed E-state index contributed by atoms with van der Waals surface area (Å²) in [6.45, 7) is 4.85. The number of hydrogen-bond acceptors (Lipinski definition) is 5. The second-order valence-electron chi connectivity index (χ2n) is 6.64. The minimum absolute atomic E-state index is 0.0418. The molecule has 2 aromatic heterocycles. The van der Waals surface area contributed by atoms with Crippen LogP contribution < -0.4 is 5.32 Å². The van der Waals surface area contributed by atoms with Crippen molar-refractivity contribution in [2.75, 3.05) is 20.1 Å². The zero-order valence-corrected chi connectivity index (χ0v) is 15.0. The Kier molecular flexibility index (Phi) is 5.75. The second-order valence-corrected chi connectivity index (χ2v) is 6.64. The molecule has 1 saturated heterocycles. The van der Waals surface area contributed by atoms with Crippen molar-refractivity contribution in [3.63, 3.8) is 0 Å². The van der Waals surface area contributed by atoms with Gasteiger partial charge in [0.25, 0.3) is 0 Å². The van der Waals surface area contributed by atoms with Gasteiger partial charge in [-0.15, -0.1) is 0 Å². The Labute approximate surface area is 148 Å². The zero-order chi connectivity index (χ0) is 17.6. The smallest absolute Gasteiger partial charge is 0.220 e. The number of carbonyl (C=O) groups is 1. The molecular formula is C18H26N6O. The average molecular weight is 342 g/mol. The monoisotopic (exact) mass is 342 g/mol. The van der Waals surface area contributed by atoms with Crippen molar-refractivity contribution in [2.45, 2.75) is 45.1 Å². The van der Waals surface area contributed by atoms with Gasteiger partial charge in [-0.1, -0.05) is 0 Å². The molecular weight excluding hydrogens is 316 g/mol. The summed E-state index contributed by atoms with van der Waals surface area (Å²) in [4.78, 5) is 30.8. The molecule has 1 atom stereocenters. The van der Waals surface area contributed by atoms with Crippen LogP contribution in [0.25, 0.3) is 0 Å². The molecule has 0 radical (unpaired) electrons. The summed E-state index contributed by atoms with van der Waals surface area (Å²) in [6.07, 6.45) is 7.00. The molecule has 3 heterocycles. The van der Waals surface area contributed by atoms with Crippen molar-refractivity contribution in [1.82, 2.24) is 30.2 Å². The molecule has 3 rings (SSSR count). The molecule has 1 fully saturated rings. The van der Waals surface area contributed by atoms with Gasteiger partial charge in [0, 0.05) is 49.7 Å². The normalized spacial score (nSPS) is 18.2. The van der Waals surface area contributed by atoms with E-state index in [1.165, 1.54) is 0 Å². The van der Waals surface area contributed by atoms with E-state index in [1.54, 1.807) is 13.2 Å². The molecule has 2 aromatic rings. The van der Waals surface area contributed by atoms with Crippen LogP contribution in [0.4, 0.5) is 0 Å². The number of aromatic amines is 1. The van der Waals surface area contributed by atoms with Crippen LogP contribution in [0.15, 0.2) is 18.5 Å². The lowest BCUT2D eigenvalue weighted by molar-refractivity contribution is -0.120. The molecule has 1 aliphatic rings. The average Bonchev–Trinajstić information content (AvgIpc) is 3.12. The summed E-state index contributed by atoms with van der Waals surface area (Å²) in [5.41, 5.74) is 1.93. The number of likely N-dealkylation sites (tertiary alicyclic amines) is 1. The number of rotatable bonds is 6. The van der Waals surface area contributed by atoms with E-state index in [0.717, 1.165) is 55.5 Å². The number of imidazole rings is 1. The summed E-state index contributed by atoms with van der Waals surface area (Å²) >= 11 is 0. The van der Waals surface area contributed by atoms with E-state index in [0.29, 0.717) is 18.8 Å². The van der Waals surface area contributed by atoms with Crippen LogP contribution in [0.1, 0.15) is 48.2 Å². The Morgan fingerprint density at radius 2 is 2.32 bits per heavy atom. The Balaban J connectivity index is 1.67. The first-order chi connectivity index (χ1) is 12.1. The minimum Gasteiger partial charge on any atom is -0.359 e. The van der Waals surface area contributed by atoms with Gasteiger partial charge < -0.3 is 10.3 Å². The highest BCUT2D eigenvalue weighted by molar-refractivity contribution is 5.75. The molecule has 25 heavy (non-hydrogen) atoms. The first-order valence-electron chi connectivity index (χ1n) is 8.89. The molecule has 0 aromatic carbocycles. The van der Waals surface area contributed by atoms with Crippen molar-refractivity contribution in [1.29, 1.82) is 0 Å². The van der Waals surface area contributed by atoms with Gasteiger partial charge in [0.05, 0.1) is 6.54 Å². The summed E-state index contributed by atoms with van der Waals surface area (Å²) < 4.78 is 0. The predicted octanol–water partition coefficient (Wildman–Crippen LogP) is 1.57. The van der Waals surface area contributed by atoms with Gasteiger partial charge in [0.15, 0.2) is 0 Å². The maximum Gasteiger partial charge on any atom is 0.220 e. The van der Waals surface area contributed by atoms with Crippen molar-refractivity contribution < 1.29 is 4.79 Å². The lowest BCUT2D eigenvalue weighted by Gasteiger charge is -2.31. The van der Waals surface area contributed by atoms with Crippen LogP contribution in [0.5, 0.6) is 0 Å². The van der Waals surface area contributed by atoms with E-state index in [4.69, 9.17) is 4.98 Å². The number of aryl methyl sites for hydroxylation is 2. The number of hydrogen-bond donors (Lipinski definition) is 2. The zero-order valence-electron chi connectivity index (χ0n) is 15.0. The van der Waals surface area contributed by atoms with E-state index >= 15 is 0 Å². The number of aromatic nitrogens is 4. The fourth-order valence-electron chi connectivity index (χ4n) is 3.34. The van der Waals surface area contributed by atoms with Crippen molar-refractivity contribution in [3.05, 3.63) is 41.5 Å². The van der Waals surface area contributed by atoms with E-state index in [1.807, 2.05) is 19.2 Å². The van der Waals surface area contributed by atoms with Crippen LogP contribution in [0.3, 0.4) is 0 Å². The lowest BCUT2D eigenvalue weighted by atomic mass is 9.96. The van der Waals surface area contributed by atoms with Crippen molar-refractivity contribution >= 4 is 5.91 Å². The van der Waals surface area contributed by atoms with E-state index < -0.39 is 0 Å². The third-order valence-electron chi connectivity index (χ3n) is 4.61. The summed E-state index contributed by atoms with van der Waals surface area (Å²) in [5.74, 6) is 2.29. The Morgan fingerprint density at radius 3 is 3.08 bits per heavy atom. The molecule has 1 unspecified atom stereocenters. The first kappa shape index (κ1) is 17.5. The van der Waals surface area contributed by atoms with Gasteiger partial charge in [-0.3, -0.25) is 9.69 Å². The topological polar surface area (TPSA) is 86.8 Å². The Hall–Kier alpha value is -2.28. The highest BCUT2D eigenvalue weighted by atomic mass is 16.1. The highest BCUT2D eigenvalue weighted by Crippen LogP contribution is 2.25. The molecule has 7 heteroatoms. The van der Waals surface area contributed by atoms with Crippen molar-refractivity contribution in [3.8, 4) is 0 Å². The van der Waals surface area contributed by atoms with Crippen LogP contribution >= 0.6 is 0 Å². The summed E-state index contributed by atoms with van der Waals surface area (Å²) in [5, 5.41) is 2.66. The van der Waals surface area contributed by atoms with Gasteiger partial charge in [-0.05, 0) is 38.8 Å². The number of nitrogens with zero attached hydrogens (tertiary/aromatic N) is 4. The maximum absolute atomic E-state index is 11.5. The maximum atomic E-state index is 11.5. The third kappa shape index (κ3) is 4.85. The Morgan fingerprint density at radius 1 is 1.44 bits per heavy atom. The van der Waals surface area contributed by atoms with Gasteiger partial charge >= 0.3 is 0 Å². The quantitative estimate of drug-likeness (QED) is 0.832. The molecule has 0 aliphatic carbocycles. The van der Waals surface area contributed by atoms with Gasteiger partial charge in [-0.2, -0.15) is 0 Å². The van der Waals surface area contributed by atoms with Crippen molar-refractivity contribution in [2.24, 2.45) is 0 Å². The predicted molar refractivity (Wildman–Crippen MR) is 95.0 cm³/mol. The highest BCUT2D eigenvalue weighted by Gasteiger charge is 2.24. The van der Waals surface area contributed by atoms with Crippen LogP contribution in [0.2, 0.25) is 0 Å². The molecule has 7 nitrogen and oxygen atoms in total. The number of H-pyrrole nitrogens is 1. The fourth-order valence-corrected chi connectivity index (χ4v) is 3.34. The van der Waals surface area contributed by atoms with E-state index in [9.17, 15) is 4.79 Å².